The first-order valence-electron chi connectivity index (χ1n) is 7.48. The van der Waals surface area contributed by atoms with Gasteiger partial charge >= 0.3 is 5.97 Å². The van der Waals surface area contributed by atoms with Gasteiger partial charge in [-0.1, -0.05) is 69.4 Å². The van der Waals surface area contributed by atoms with Crippen LogP contribution in [0.3, 0.4) is 0 Å². The Hall–Kier alpha value is -1.31. The molecule has 0 spiro atoms. The summed E-state index contributed by atoms with van der Waals surface area (Å²) >= 11 is 0. The standard InChI is InChI=1S/C17H26O2/c1-3-4-5-6-7-11-14-17(18)19-15(2)16-12-9-8-10-13-16/h8-10,12-13,15H,3-7,11,14H2,1-2H3. The second-order valence-corrected chi connectivity index (χ2v) is 5.06. The van der Waals surface area contributed by atoms with Crippen molar-refractivity contribution in [1.82, 2.24) is 0 Å². The Labute approximate surface area is 117 Å². The summed E-state index contributed by atoms with van der Waals surface area (Å²) in [6, 6.07) is 9.88. The predicted octanol–water partition coefficient (Wildman–Crippen LogP) is 5.04. The fourth-order valence-electron chi connectivity index (χ4n) is 2.10. The molecule has 1 atom stereocenters. The van der Waals surface area contributed by atoms with Gasteiger partial charge in [0.05, 0.1) is 0 Å². The Morgan fingerprint density at radius 2 is 1.68 bits per heavy atom. The first-order valence-corrected chi connectivity index (χ1v) is 7.48. The number of hydrogen-bond donors (Lipinski definition) is 0. The topological polar surface area (TPSA) is 26.3 Å². The van der Waals surface area contributed by atoms with E-state index in [2.05, 4.69) is 6.92 Å². The summed E-state index contributed by atoms with van der Waals surface area (Å²) in [5, 5.41) is 0. The molecular formula is C17H26O2. The maximum Gasteiger partial charge on any atom is 0.306 e. The van der Waals surface area contributed by atoms with Crippen LogP contribution in [0, 0.1) is 0 Å². The minimum Gasteiger partial charge on any atom is -0.458 e. The molecule has 0 aliphatic rings. The molecule has 0 aliphatic carbocycles. The summed E-state index contributed by atoms with van der Waals surface area (Å²) < 4.78 is 5.43. The summed E-state index contributed by atoms with van der Waals surface area (Å²) in [5.74, 6) is -0.0770. The van der Waals surface area contributed by atoms with Gasteiger partial charge in [-0.05, 0) is 18.9 Å². The van der Waals surface area contributed by atoms with Gasteiger partial charge in [-0.25, -0.2) is 0 Å². The molecule has 19 heavy (non-hydrogen) atoms. The van der Waals surface area contributed by atoms with Gasteiger partial charge in [0, 0.05) is 6.42 Å². The fraction of sp³-hybridized carbons (Fsp3) is 0.588. The molecule has 0 saturated heterocycles. The summed E-state index contributed by atoms with van der Waals surface area (Å²) in [6.07, 6.45) is 7.56. The van der Waals surface area contributed by atoms with Gasteiger partial charge in [-0.15, -0.1) is 0 Å². The Morgan fingerprint density at radius 1 is 1.05 bits per heavy atom. The van der Waals surface area contributed by atoms with Gasteiger partial charge in [0.1, 0.15) is 6.10 Å². The van der Waals surface area contributed by atoms with E-state index >= 15 is 0 Å². The number of benzene rings is 1. The quantitative estimate of drug-likeness (QED) is 0.460. The molecule has 0 aliphatic heterocycles. The van der Waals surface area contributed by atoms with Crippen molar-refractivity contribution in [3.63, 3.8) is 0 Å². The van der Waals surface area contributed by atoms with E-state index in [9.17, 15) is 4.79 Å². The SMILES string of the molecule is CCCCCCCCC(=O)OC(C)c1ccccc1. The van der Waals surface area contributed by atoms with Crippen molar-refractivity contribution in [1.29, 1.82) is 0 Å². The number of esters is 1. The van der Waals surface area contributed by atoms with Gasteiger partial charge < -0.3 is 4.74 Å². The molecule has 1 aromatic carbocycles. The zero-order valence-electron chi connectivity index (χ0n) is 12.2. The van der Waals surface area contributed by atoms with E-state index in [0.717, 1.165) is 18.4 Å². The molecule has 0 bridgehead atoms. The lowest BCUT2D eigenvalue weighted by atomic mass is 10.1. The molecule has 0 saturated carbocycles. The van der Waals surface area contributed by atoms with Crippen molar-refractivity contribution in [2.24, 2.45) is 0 Å². The van der Waals surface area contributed by atoms with E-state index in [4.69, 9.17) is 4.74 Å². The van der Waals surface area contributed by atoms with Crippen LogP contribution in [0.5, 0.6) is 0 Å². The van der Waals surface area contributed by atoms with E-state index in [-0.39, 0.29) is 12.1 Å². The van der Waals surface area contributed by atoms with Crippen LogP contribution >= 0.6 is 0 Å². The number of ether oxygens (including phenoxy) is 1. The summed E-state index contributed by atoms with van der Waals surface area (Å²) in [5.41, 5.74) is 1.05. The van der Waals surface area contributed by atoms with Gasteiger partial charge in [0.25, 0.3) is 0 Å². The maximum atomic E-state index is 11.7. The summed E-state index contributed by atoms with van der Waals surface area (Å²) in [4.78, 5) is 11.7. The third-order valence-electron chi connectivity index (χ3n) is 3.31. The molecular weight excluding hydrogens is 236 g/mol. The van der Waals surface area contributed by atoms with Crippen LogP contribution in [-0.2, 0) is 9.53 Å². The number of unbranched alkanes of at least 4 members (excludes halogenated alkanes) is 5. The third-order valence-corrected chi connectivity index (χ3v) is 3.31. The van der Waals surface area contributed by atoms with Crippen LogP contribution in [0.2, 0.25) is 0 Å². The average Bonchev–Trinajstić information content (AvgIpc) is 2.43. The lowest BCUT2D eigenvalue weighted by molar-refractivity contribution is -0.148. The van der Waals surface area contributed by atoms with Crippen LogP contribution in [-0.4, -0.2) is 5.97 Å². The molecule has 2 nitrogen and oxygen atoms in total. The zero-order valence-corrected chi connectivity index (χ0v) is 12.2. The molecule has 1 unspecified atom stereocenters. The molecule has 0 heterocycles. The smallest absolute Gasteiger partial charge is 0.306 e. The minimum atomic E-state index is -0.145. The Kier molecular flexibility index (Phi) is 7.95. The first-order chi connectivity index (χ1) is 9.24. The van der Waals surface area contributed by atoms with Gasteiger partial charge in [-0.3, -0.25) is 4.79 Å². The normalized spacial score (nSPS) is 12.1. The fourth-order valence-corrected chi connectivity index (χ4v) is 2.10. The lowest BCUT2D eigenvalue weighted by Crippen LogP contribution is -2.08. The molecule has 1 aromatic rings. The number of carbonyl (C=O) groups excluding carboxylic acids is 1. The highest BCUT2D eigenvalue weighted by atomic mass is 16.5. The second-order valence-electron chi connectivity index (χ2n) is 5.06. The average molecular weight is 262 g/mol. The Bertz CT molecular complexity index is 346. The van der Waals surface area contributed by atoms with Crippen LogP contribution in [0.25, 0.3) is 0 Å². The summed E-state index contributed by atoms with van der Waals surface area (Å²) in [6.45, 7) is 4.14. The molecule has 1 rings (SSSR count). The minimum absolute atomic E-state index is 0.0770. The van der Waals surface area contributed by atoms with E-state index < -0.39 is 0 Å². The number of hydrogen-bond acceptors (Lipinski definition) is 2. The first kappa shape index (κ1) is 15.7. The van der Waals surface area contributed by atoms with E-state index in [1.54, 1.807) is 0 Å². The zero-order chi connectivity index (χ0) is 13.9. The molecule has 0 N–H and O–H groups in total. The Morgan fingerprint density at radius 3 is 2.37 bits per heavy atom. The number of carbonyl (C=O) groups is 1. The van der Waals surface area contributed by atoms with Crippen molar-refractivity contribution in [3.8, 4) is 0 Å². The van der Waals surface area contributed by atoms with Crippen molar-refractivity contribution >= 4 is 5.97 Å². The highest BCUT2D eigenvalue weighted by molar-refractivity contribution is 5.69. The Balaban J connectivity index is 2.14. The summed E-state index contributed by atoms with van der Waals surface area (Å²) in [7, 11) is 0. The van der Waals surface area contributed by atoms with Crippen molar-refractivity contribution in [3.05, 3.63) is 35.9 Å². The monoisotopic (exact) mass is 262 g/mol. The largest absolute Gasteiger partial charge is 0.458 e. The van der Waals surface area contributed by atoms with E-state index in [1.807, 2.05) is 37.3 Å². The maximum absolute atomic E-state index is 11.7. The van der Waals surface area contributed by atoms with Gasteiger partial charge in [0.15, 0.2) is 0 Å². The van der Waals surface area contributed by atoms with Gasteiger partial charge in [0.2, 0.25) is 0 Å². The lowest BCUT2D eigenvalue weighted by Gasteiger charge is -2.13. The van der Waals surface area contributed by atoms with Crippen molar-refractivity contribution in [2.75, 3.05) is 0 Å². The highest BCUT2D eigenvalue weighted by Gasteiger charge is 2.10. The third kappa shape index (κ3) is 7.00. The van der Waals surface area contributed by atoms with Crippen LogP contribution in [0.15, 0.2) is 30.3 Å². The molecule has 0 amide bonds. The van der Waals surface area contributed by atoms with E-state index in [0.29, 0.717) is 6.42 Å². The van der Waals surface area contributed by atoms with Crippen LogP contribution < -0.4 is 0 Å². The number of rotatable bonds is 9. The second kappa shape index (κ2) is 9.60. The van der Waals surface area contributed by atoms with Gasteiger partial charge in [-0.2, -0.15) is 0 Å². The van der Waals surface area contributed by atoms with Crippen LogP contribution in [0.1, 0.15) is 70.5 Å². The highest BCUT2D eigenvalue weighted by Crippen LogP contribution is 2.17. The molecule has 2 heteroatoms. The van der Waals surface area contributed by atoms with E-state index in [1.165, 1.54) is 25.7 Å². The van der Waals surface area contributed by atoms with Crippen molar-refractivity contribution in [2.45, 2.75) is 64.9 Å². The molecule has 0 radical (unpaired) electrons. The van der Waals surface area contributed by atoms with Crippen molar-refractivity contribution < 1.29 is 9.53 Å². The molecule has 106 valence electrons. The predicted molar refractivity (Wildman–Crippen MR) is 78.9 cm³/mol. The van der Waals surface area contributed by atoms with Crippen LogP contribution in [0.4, 0.5) is 0 Å². The molecule has 0 aromatic heterocycles. The molecule has 0 fully saturated rings.